The van der Waals surface area contributed by atoms with Crippen molar-refractivity contribution in [3.63, 3.8) is 0 Å². The highest BCUT2D eigenvalue weighted by atomic mass is 19.2. The molecule has 4 heteroatoms. The highest BCUT2D eigenvalue weighted by Crippen LogP contribution is 2.34. The molecule has 0 saturated carbocycles. The van der Waals surface area contributed by atoms with Gasteiger partial charge >= 0.3 is 0 Å². The Labute approximate surface area is 151 Å². The molecule has 0 bridgehead atoms. The minimum atomic E-state index is -1.01. The standard InChI is InChI=1S/C22H19F2NO/c1-14-7-8-16(19(12-25)15-5-3-2-4-6-15)11-18(14)21-17(13-26)9-10-20(23)22(21)24/h2-11,13,19H,12,25H2,1H3. The Balaban J connectivity index is 2.19. The zero-order valence-electron chi connectivity index (χ0n) is 14.4. The fourth-order valence-corrected chi connectivity index (χ4v) is 3.21. The Morgan fingerprint density at radius 3 is 2.38 bits per heavy atom. The average molecular weight is 351 g/mol. The number of hydrogen-bond acceptors (Lipinski definition) is 2. The second-order valence-corrected chi connectivity index (χ2v) is 6.22. The predicted molar refractivity (Wildman–Crippen MR) is 99.3 cm³/mol. The van der Waals surface area contributed by atoms with Crippen LogP contribution in [0.25, 0.3) is 11.1 Å². The summed E-state index contributed by atoms with van der Waals surface area (Å²) in [5.41, 5.74) is 9.27. The monoisotopic (exact) mass is 351 g/mol. The third kappa shape index (κ3) is 3.28. The summed E-state index contributed by atoms with van der Waals surface area (Å²) < 4.78 is 28.3. The molecule has 2 N–H and O–H groups in total. The summed E-state index contributed by atoms with van der Waals surface area (Å²) in [7, 11) is 0. The lowest BCUT2D eigenvalue weighted by Gasteiger charge is -2.19. The Morgan fingerprint density at radius 1 is 1.00 bits per heavy atom. The van der Waals surface area contributed by atoms with Crippen LogP contribution in [-0.2, 0) is 0 Å². The summed E-state index contributed by atoms with van der Waals surface area (Å²) in [4.78, 5) is 11.4. The molecule has 0 aromatic heterocycles. The lowest BCUT2D eigenvalue weighted by Crippen LogP contribution is -2.14. The van der Waals surface area contributed by atoms with Crippen molar-refractivity contribution in [2.75, 3.05) is 6.54 Å². The molecule has 0 aliphatic heterocycles. The molecular weight excluding hydrogens is 332 g/mol. The number of rotatable bonds is 5. The molecule has 0 radical (unpaired) electrons. The second-order valence-electron chi connectivity index (χ2n) is 6.22. The van der Waals surface area contributed by atoms with Gasteiger partial charge in [-0.15, -0.1) is 0 Å². The lowest BCUT2D eigenvalue weighted by atomic mass is 9.87. The number of benzene rings is 3. The van der Waals surface area contributed by atoms with Crippen molar-refractivity contribution in [3.05, 3.63) is 94.6 Å². The zero-order valence-corrected chi connectivity index (χ0v) is 14.4. The molecule has 0 aliphatic rings. The van der Waals surface area contributed by atoms with Gasteiger partial charge in [0.15, 0.2) is 17.9 Å². The smallest absolute Gasteiger partial charge is 0.167 e. The van der Waals surface area contributed by atoms with Crippen LogP contribution in [0.2, 0.25) is 0 Å². The summed E-state index contributed by atoms with van der Waals surface area (Å²) in [6.45, 7) is 2.18. The van der Waals surface area contributed by atoms with Crippen molar-refractivity contribution in [2.45, 2.75) is 12.8 Å². The summed E-state index contributed by atoms with van der Waals surface area (Å²) in [6.07, 6.45) is 0.543. The van der Waals surface area contributed by atoms with Crippen LogP contribution in [0.4, 0.5) is 8.78 Å². The van der Waals surface area contributed by atoms with E-state index >= 15 is 0 Å². The number of aldehydes is 1. The van der Waals surface area contributed by atoms with Crippen molar-refractivity contribution < 1.29 is 13.6 Å². The van der Waals surface area contributed by atoms with Crippen LogP contribution in [0.1, 0.15) is 33.0 Å². The SMILES string of the molecule is Cc1ccc(C(CN)c2ccccc2)cc1-c1c(C=O)ccc(F)c1F. The number of carbonyl (C=O) groups excluding carboxylic acids is 1. The molecule has 3 aromatic carbocycles. The van der Waals surface area contributed by atoms with Gasteiger partial charge in [-0.2, -0.15) is 0 Å². The van der Waals surface area contributed by atoms with Gasteiger partial charge < -0.3 is 5.73 Å². The molecule has 3 rings (SSSR count). The van der Waals surface area contributed by atoms with Crippen molar-refractivity contribution in [3.8, 4) is 11.1 Å². The topological polar surface area (TPSA) is 43.1 Å². The van der Waals surface area contributed by atoms with Crippen molar-refractivity contribution in [1.29, 1.82) is 0 Å². The van der Waals surface area contributed by atoms with E-state index in [1.807, 2.05) is 42.5 Å². The van der Waals surface area contributed by atoms with E-state index in [2.05, 4.69) is 0 Å². The molecule has 132 valence electrons. The van der Waals surface area contributed by atoms with Gasteiger partial charge in [0, 0.05) is 23.6 Å². The Kier molecular flexibility index (Phi) is 5.24. The molecular formula is C22H19F2NO. The minimum absolute atomic E-state index is 0.0109. The Hall–Kier alpha value is -2.85. The first-order valence-corrected chi connectivity index (χ1v) is 8.36. The van der Waals surface area contributed by atoms with Crippen LogP contribution < -0.4 is 5.73 Å². The van der Waals surface area contributed by atoms with Gasteiger partial charge in [-0.25, -0.2) is 8.78 Å². The first-order valence-electron chi connectivity index (χ1n) is 8.36. The van der Waals surface area contributed by atoms with Gasteiger partial charge in [0.05, 0.1) is 0 Å². The normalized spacial score (nSPS) is 12.0. The number of nitrogens with two attached hydrogens (primary N) is 1. The lowest BCUT2D eigenvalue weighted by molar-refractivity contribution is 0.112. The van der Waals surface area contributed by atoms with Crippen molar-refractivity contribution in [1.82, 2.24) is 0 Å². The van der Waals surface area contributed by atoms with E-state index in [4.69, 9.17) is 5.73 Å². The van der Waals surface area contributed by atoms with Crippen LogP contribution in [0, 0.1) is 18.6 Å². The van der Waals surface area contributed by atoms with E-state index in [9.17, 15) is 13.6 Å². The van der Waals surface area contributed by atoms with E-state index in [-0.39, 0.29) is 17.0 Å². The van der Waals surface area contributed by atoms with Gasteiger partial charge in [0.2, 0.25) is 0 Å². The Bertz CT molecular complexity index is 938. The van der Waals surface area contributed by atoms with Gasteiger partial charge in [0.25, 0.3) is 0 Å². The molecule has 0 heterocycles. The minimum Gasteiger partial charge on any atom is -0.330 e. The summed E-state index contributed by atoms with van der Waals surface area (Å²) in [5, 5.41) is 0. The zero-order chi connectivity index (χ0) is 18.7. The highest BCUT2D eigenvalue weighted by molar-refractivity contribution is 5.89. The van der Waals surface area contributed by atoms with E-state index in [1.54, 1.807) is 13.0 Å². The van der Waals surface area contributed by atoms with Gasteiger partial charge in [-0.1, -0.05) is 48.5 Å². The molecule has 1 atom stereocenters. The largest absolute Gasteiger partial charge is 0.330 e. The number of carbonyl (C=O) groups is 1. The van der Waals surface area contributed by atoms with E-state index < -0.39 is 11.6 Å². The van der Waals surface area contributed by atoms with Crippen molar-refractivity contribution in [2.24, 2.45) is 5.73 Å². The van der Waals surface area contributed by atoms with Crippen LogP contribution in [0.15, 0.2) is 60.7 Å². The average Bonchev–Trinajstić information content (AvgIpc) is 2.67. The van der Waals surface area contributed by atoms with Gasteiger partial charge in [-0.05, 0) is 41.3 Å². The molecule has 0 amide bonds. The third-order valence-corrected chi connectivity index (χ3v) is 4.63. The Morgan fingerprint density at radius 2 is 1.73 bits per heavy atom. The van der Waals surface area contributed by atoms with E-state index in [1.165, 1.54) is 6.07 Å². The maximum atomic E-state index is 14.5. The van der Waals surface area contributed by atoms with Crippen LogP contribution in [0.3, 0.4) is 0 Å². The summed E-state index contributed by atoms with van der Waals surface area (Å²) in [5.74, 6) is -2.07. The molecule has 3 aromatic rings. The molecule has 0 fully saturated rings. The fourth-order valence-electron chi connectivity index (χ4n) is 3.21. The van der Waals surface area contributed by atoms with Gasteiger partial charge in [-0.3, -0.25) is 4.79 Å². The maximum absolute atomic E-state index is 14.5. The quantitative estimate of drug-likeness (QED) is 0.668. The predicted octanol–water partition coefficient (Wildman–Crippen LogP) is 4.84. The second kappa shape index (κ2) is 7.58. The number of hydrogen-bond donors (Lipinski definition) is 1. The molecule has 26 heavy (non-hydrogen) atoms. The van der Waals surface area contributed by atoms with Crippen LogP contribution in [-0.4, -0.2) is 12.8 Å². The van der Waals surface area contributed by atoms with Gasteiger partial charge in [0.1, 0.15) is 0 Å². The number of halogens is 2. The molecule has 0 spiro atoms. The van der Waals surface area contributed by atoms with Crippen LogP contribution >= 0.6 is 0 Å². The summed E-state index contributed by atoms with van der Waals surface area (Å²) >= 11 is 0. The first-order chi connectivity index (χ1) is 12.6. The highest BCUT2D eigenvalue weighted by Gasteiger charge is 2.19. The number of aryl methyl sites for hydroxylation is 1. The molecule has 1 unspecified atom stereocenters. The van der Waals surface area contributed by atoms with E-state index in [0.717, 1.165) is 22.8 Å². The molecule has 2 nitrogen and oxygen atoms in total. The maximum Gasteiger partial charge on any atom is 0.167 e. The van der Waals surface area contributed by atoms with E-state index in [0.29, 0.717) is 18.4 Å². The van der Waals surface area contributed by atoms with Crippen molar-refractivity contribution >= 4 is 6.29 Å². The molecule has 0 aliphatic carbocycles. The van der Waals surface area contributed by atoms with Crippen LogP contribution in [0.5, 0.6) is 0 Å². The fraction of sp³-hybridized carbons (Fsp3) is 0.136. The third-order valence-electron chi connectivity index (χ3n) is 4.63. The summed E-state index contributed by atoms with van der Waals surface area (Å²) in [6, 6.07) is 17.6. The first kappa shape index (κ1) is 18.0. The molecule has 0 saturated heterocycles.